The standard InChI is InChI=1S/C14H14ClNO/c1-9-7-11(17-2)4-6-12(9)13-5-3-10(16)8-14(13)15/h3-8H,16H2,1-2H3. The molecule has 0 saturated carbocycles. The van der Waals surface area contributed by atoms with Gasteiger partial charge in [-0.1, -0.05) is 23.7 Å². The largest absolute Gasteiger partial charge is 0.497 e. The maximum absolute atomic E-state index is 6.20. The van der Waals surface area contributed by atoms with E-state index in [0.29, 0.717) is 10.7 Å². The number of hydrogen-bond acceptors (Lipinski definition) is 2. The van der Waals surface area contributed by atoms with Crippen LogP contribution >= 0.6 is 11.6 Å². The minimum absolute atomic E-state index is 0.665. The van der Waals surface area contributed by atoms with E-state index >= 15 is 0 Å². The molecule has 88 valence electrons. The summed E-state index contributed by atoms with van der Waals surface area (Å²) in [4.78, 5) is 0. The molecule has 0 aliphatic rings. The summed E-state index contributed by atoms with van der Waals surface area (Å²) >= 11 is 6.20. The third-order valence-electron chi connectivity index (χ3n) is 2.72. The van der Waals surface area contributed by atoms with Crippen LogP contribution in [0.2, 0.25) is 5.02 Å². The molecule has 0 atom stereocenters. The molecule has 2 N–H and O–H groups in total. The molecule has 2 aromatic rings. The van der Waals surface area contributed by atoms with Gasteiger partial charge in [0.05, 0.1) is 12.1 Å². The summed E-state index contributed by atoms with van der Waals surface area (Å²) in [6.45, 7) is 2.03. The molecule has 0 unspecified atom stereocenters. The van der Waals surface area contributed by atoms with Gasteiger partial charge in [-0.15, -0.1) is 0 Å². The topological polar surface area (TPSA) is 35.2 Å². The SMILES string of the molecule is COc1ccc(-c2ccc(N)cc2Cl)c(C)c1. The lowest BCUT2D eigenvalue weighted by molar-refractivity contribution is 0.414. The molecule has 0 spiro atoms. The number of rotatable bonds is 2. The van der Waals surface area contributed by atoms with Gasteiger partial charge in [-0.05, 0) is 42.3 Å². The zero-order valence-electron chi connectivity index (χ0n) is 9.83. The molecular weight excluding hydrogens is 234 g/mol. The van der Waals surface area contributed by atoms with Crippen molar-refractivity contribution in [3.05, 3.63) is 47.0 Å². The smallest absolute Gasteiger partial charge is 0.119 e. The fraction of sp³-hybridized carbons (Fsp3) is 0.143. The molecule has 0 fully saturated rings. The van der Waals surface area contributed by atoms with Crippen LogP contribution in [0, 0.1) is 6.92 Å². The average molecular weight is 248 g/mol. The van der Waals surface area contributed by atoms with Gasteiger partial charge in [0.15, 0.2) is 0 Å². The zero-order chi connectivity index (χ0) is 12.4. The van der Waals surface area contributed by atoms with Gasteiger partial charge in [-0.25, -0.2) is 0 Å². The van der Waals surface area contributed by atoms with E-state index in [1.165, 1.54) is 0 Å². The van der Waals surface area contributed by atoms with Crippen molar-refractivity contribution < 1.29 is 4.74 Å². The molecule has 0 saturated heterocycles. The summed E-state index contributed by atoms with van der Waals surface area (Å²) in [5.74, 6) is 0.845. The Bertz CT molecular complexity index is 552. The molecule has 0 radical (unpaired) electrons. The van der Waals surface area contributed by atoms with Crippen LogP contribution in [0.3, 0.4) is 0 Å². The Morgan fingerprint density at radius 3 is 2.35 bits per heavy atom. The van der Waals surface area contributed by atoms with Crippen LogP contribution in [0.5, 0.6) is 5.75 Å². The van der Waals surface area contributed by atoms with E-state index in [1.807, 2.05) is 37.3 Å². The Hall–Kier alpha value is -1.67. The third-order valence-corrected chi connectivity index (χ3v) is 3.03. The number of hydrogen-bond donors (Lipinski definition) is 1. The minimum atomic E-state index is 0.665. The molecule has 0 heterocycles. The van der Waals surface area contributed by atoms with Crippen molar-refractivity contribution in [3.8, 4) is 16.9 Å². The number of nitrogen functional groups attached to an aromatic ring is 1. The predicted molar refractivity (Wildman–Crippen MR) is 72.6 cm³/mol. The highest BCUT2D eigenvalue weighted by Gasteiger charge is 2.07. The lowest BCUT2D eigenvalue weighted by Crippen LogP contribution is -1.89. The van der Waals surface area contributed by atoms with E-state index in [1.54, 1.807) is 13.2 Å². The number of methoxy groups -OCH3 is 1. The lowest BCUT2D eigenvalue weighted by atomic mass is 10.00. The highest BCUT2D eigenvalue weighted by molar-refractivity contribution is 6.33. The monoisotopic (exact) mass is 247 g/mol. The van der Waals surface area contributed by atoms with Crippen molar-refractivity contribution >= 4 is 17.3 Å². The average Bonchev–Trinajstić information content (AvgIpc) is 2.30. The first-order valence-corrected chi connectivity index (χ1v) is 5.69. The highest BCUT2D eigenvalue weighted by Crippen LogP contribution is 2.33. The summed E-state index contributed by atoms with van der Waals surface area (Å²) in [7, 11) is 1.66. The zero-order valence-corrected chi connectivity index (χ0v) is 10.6. The molecule has 0 aliphatic heterocycles. The van der Waals surface area contributed by atoms with Crippen LogP contribution in [-0.2, 0) is 0 Å². The molecule has 2 nitrogen and oxygen atoms in total. The summed E-state index contributed by atoms with van der Waals surface area (Å²) in [6.07, 6.45) is 0. The van der Waals surface area contributed by atoms with Gasteiger partial charge in [0.2, 0.25) is 0 Å². The summed E-state index contributed by atoms with van der Waals surface area (Å²) < 4.78 is 5.18. The summed E-state index contributed by atoms with van der Waals surface area (Å²) in [5.41, 5.74) is 9.56. The fourth-order valence-corrected chi connectivity index (χ4v) is 2.11. The van der Waals surface area contributed by atoms with E-state index in [-0.39, 0.29) is 0 Å². The van der Waals surface area contributed by atoms with Crippen LogP contribution in [0.25, 0.3) is 11.1 Å². The molecule has 0 amide bonds. The first-order chi connectivity index (χ1) is 8.11. The number of ether oxygens (including phenoxy) is 1. The van der Waals surface area contributed by atoms with Crippen LogP contribution in [-0.4, -0.2) is 7.11 Å². The number of anilines is 1. The van der Waals surface area contributed by atoms with Gasteiger partial charge < -0.3 is 10.5 Å². The second kappa shape index (κ2) is 4.68. The minimum Gasteiger partial charge on any atom is -0.497 e. The summed E-state index contributed by atoms with van der Waals surface area (Å²) in [6, 6.07) is 11.5. The van der Waals surface area contributed by atoms with Crippen LogP contribution < -0.4 is 10.5 Å². The molecule has 0 aromatic heterocycles. The molecule has 3 heteroatoms. The van der Waals surface area contributed by atoms with Gasteiger partial charge in [0.25, 0.3) is 0 Å². The molecule has 0 aliphatic carbocycles. The normalized spacial score (nSPS) is 10.3. The van der Waals surface area contributed by atoms with E-state index in [4.69, 9.17) is 22.1 Å². The van der Waals surface area contributed by atoms with Gasteiger partial charge in [0, 0.05) is 11.3 Å². The van der Waals surface area contributed by atoms with Crippen molar-refractivity contribution in [2.45, 2.75) is 6.92 Å². The Morgan fingerprint density at radius 2 is 1.76 bits per heavy atom. The van der Waals surface area contributed by atoms with Crippen LogP contribution in [0.1, 0.15) is 5.56 Å². The Morgan fingerprint density at radius 1 is 1.06 bits per heavy atom. The molecular formula is C14H14ClNO. The third kappa shape index (κ3) is 2.37. The maximum atomic E-state index is 6.20. The molecule has 0 bridgehead atoms. The van der Waals surface area contributed by atoms with Gasteiger partial charge in [-0.3, -0.25) is 0 Å². The van der Waals surface area contributed by atoms with Crippen LogP contribution in [0.4, 0.5) is 5.69 Å². The van der Waals surface area contributed by atoms with Crippen molar-refractivity contribution in [3.63, 3.8) is 0 Å². The molecule has 2 rings (SSSR count). The van der Waals surface area contributed by atoms with Gasteiger partial charge >= 0.3 is 0 Å². The second-order valence-corrected chi connectivity index (χ2v) is 4.33. The maximum Gasteiger partial charge on any atom is 0.119 e. The first-order valence-electron chi connectivity index (χ1n) is 5.32. The van der Waals surface area contributed by atoms with E-state index in [2.05, 4.69) is 0 Å². The molecule has 17 heavy (non-hydrogen) atoms. The number of nitrogens with two attached hydrogens (primary N) is 1. The Kier molecular flexibility index (Phi) is 3.25. The highest BCUT2D eigenvalue weighted by atomic mass is 35.5. The summed E-state index contributed by atoms with van der Waals surface area (Å²) in [5, 5.41) is 0.665. The number of halogens is 1. The quantitative estimate of drug-likeness (QED) is 0.817. The molecule has 2 aromatic carbocycles. The lowest BCUT2D eigenvalue weighted by Gasteiger charge is -2.10. The van der Waals surface area contributed by atoms with E-state index in [9.17, 15) is 0 Å². The van der Waals surface area contributed by atoms with Crippen molar-refractivity contribution in [1.82, 2.24) is 0 Å². The number of benzene rings is 2. The van der Waals surface area contributed by atoms with E-state index in [0.717, 1.165) is 22.4 Å². The Labute approximate surface area is 106 Å². The van der Waals surface area contributed by atoms with Gasteiger partial charge in [-0.2, -0.15) is 0 Å². The van der Waals surface area contributed by atoms with E-state index < -0.39 is 0 Å². The van der Waals surface area contributed by atoms with Crippen LogP contribution in [0.15, 0.2) is 36.4 Å². The fourth-order valence-electron chi connectivity index (χ4n) is 1.82. The van der Waals surface area contributed by atoms with Crippen molar-refractivity contribution in [2.24, 2.45) is 0 Å². The Balaban J connectivity index is 2.53. The number of aryl methyl sites for hydroxylation is 1. The van der Waals surface area contributed by atoms with Gasteiger partial charge in [0.1, 0.15) is 5.75 Å². The van der Waals surface area contributed by atoms with Crippen molar-refractivity contribution in [2.75, 3.05) is 12.8 Å². The first kappa shape index (κ1) is 11.8. The second-order valence-electron chi connectivity index (χ2n) is 3.92. The van der Waals surface area contributed by atoms with Crippen molar-refractivity contribution in [1.29, 1.82) is 0 Å². The predicted octanol–water partition coefficient (Wildman–Crippen LogP) is 3.91.